The Morgan fingerprint density at radius 3 is 1.86 bits per heavy atom. The molecule has 0 radical (unpaired) electrons. The maximum atomic E-state index is 5.18. The largest absolute Gasteiger partial charge is 0.370 e. The van der Waals surface area contributed by atoms with E-state index in [1.165, 1.54) is 0 Å². The van der Waals surface area contributed by atoms with E-state index in [1.54, 1.807) is 0 Å². The fourth-order valence-electron chi connectivity index (χ4n) is 0.902. The fourth-order valence-corrected chi connectivity index (χ4v) is 0.902. The molecule has 0 saturated carbocycles. The lowest BCUT2D eigenvalue weighted by atomic mass is 10.1. The topological polar surface area (TPSA) is 12.5 Å². The summed E-state index contributed by atoms with van der Waals surface area (Å²) in [6.45, 7) is 6.49. The predicted molar refractivity (Wildman–Crippen MR) is 29.2 cm³/mol. The van der Waals surface area contributed by atoms with E-state index in [-0.39, 0.29) is 0 Å². The Bertz CT molecular complexity index is 68.6. The molecule has 1 aliphatic heterocycles. The summed E-state index contributed by atoms with van der Waals surface area (Å²) in [7, 11) is 0. The zero-order valence-electron chi connectivity index (χ0n) is 5.14. The van der Waals surface area contributed by atoms with Gasteiger partial charge in [0.2, 0.25) is 0 Å². The molecule has 1 fully saturated rings. The SMILES string of the molecule is CC(C)[C@H]1O[C@@H]1C. The molecule has 0 amide bonds. The Kier molecular flexibility index (Phi) is 1.08. The van der Waals surface area contributed by atoms with Crippen LogP contribution in [0, 0.1) is 5.92 Å². The highest BCUT2D eigenvalue weighted by Gasteiger charge is 2.36. The molecule has 1 aliphatic rings. The van der Waals surface area contributed by atoms with Crippen molar-refractivity contribution in [3.63, 3.8) is 0 Å². The Hall–Kier alpha value is -0.0400. The van der Waals surface area contributed by atoms with Crippen LogP contribution < -0.4 is 0 Å². The van der Waals surface area contributed by atoms with Gasteiger partial charge in [-0.05, 0) is 12.8 Å². The second kappa shape index (κ2) is 1.48. The zero-order valence-corrected chi connectivity index (χ0v) is 5.14. The van der Waals surface area contributed by atoms with E-state index in [4.69, 9.17) is 4.74 Å². The second-order valence-corrected chi connectivity index (χ2v) is 2.55. The highest BCUT2D eigenvalue weighted by Crippen LogP contribution is 2.27. The van der Waals surface area contributed by atoms with Gasteiger partial charge in [0, 0.05) is 0 Å². The zero-order chi connectivity index (χ0) is 5.44. The fraction of sp³-hybridized carbons (Fsp3) is 1.00. The third-order valence-corrected chi connectivity index (χ3v) is 1.41. The standard InChI is InChI=1S/C6H12O/c1-4(2)6-5(3)7-6/h4-6H,1-3H3/t5-,6-/m1/s1. The highest BCUT2D eigenvalue weighted by molar-refractivity contribution is 4.82. The molecule has 0 aliphatic carbocycles. The summed E-state index contributed by atoms with van der Waals surface area (Å²) < 4.78 is 5.18. The van der Waals surface area contributed by atoms with Gasteiger partial charge in [-0.2, -0.15) is 0 Å². The van der Waals surface area contributed by atoms with Gasteiger partial charge in [0.1, 0.15) is 0 Å². The molecule has 1 rings (SSSR count). The average Bonchev–Trinajstić information content (AvgIpc) is 2.17. The predicted octanol–water partition coefficient (Wildman–Crippen LogP) is 1.43. The van der Waals surface area contributed by atoms with Crippen molar-refractivity contribution in [2.24, 2.45) is 5.92 Å². The van der Waals surface area contributed by atoms with Crippen molar-refractivity contribution in [3.05, 3.63) is 0 Å². The minimum atomic E-state index is 0.542. The van der Waals surface area contributed by atoms with Crippen LogP contribution in [-0.4, -0.2) is 12.2 Å². The highest BCUT2D eigenvalue weighted by atomic mass is 16.6. The molecule has 0 unspecified atom stereocenters. The molecule has 7 heavy (non-hydrogen) atoms. The Morgan fingerprint density at radius 2 is 1.86 bits per heavy atom. The monoisotopic (exact) mass is 100 g/mol. The molecule has 42 valence electrons. The summed E-state index contributed by atoms with van der Waals surface area (Å²) in [6, 6.07) is 0. The molecule has 2 atom stereocenters. The molecule has 1 heteroatoms. The number of rotatable bonds is 1. The summed E-state index contributed by atoms with van der Waals surface area (Å²) in [4.78, 5) is 0. The lowest BCUT2D eigenvalue weighted by Gasteiger charge is -1.92. The maximum absolute atomic E-state index is 5.18. The normalized spacial score (nSPS) is 39.4. The van der Waals surface area contributed by atoms with E-state index < -0.39 is 0 Å². The van der Waals surface area contributed by atoms with Gasteiger partial charge in [-0.3, -0.25) is 0 Å². The molecule has 0 spiro atoms. The van der Waals surface area contributed by atoms with Crippen molar-refractivity contribution < 1.29 is 4.74 Å². The molecule has 0 aromatic rings. The van der Waals surface area contributed by atoms with E-state index >= 15 is 0 Å². The molecule has 1 nitrogen and oxygen atoms in total. The molecular weight excluding hydrogens is 88.1 g/mol. The van der Waals surface area contributed by atoms with Gasteiger partial charge in [-0.15, -0.1) is 0 Å². The summed E-state index contributed by atoms with van der Waals surface area (Å²) in [5.74, 6) is 0.718. The Morgan fingerprint density at radius 1 is 1.43 bits per heavy atom. The molecule has 1 saturated heterocycles. The first-order valence-corrected chi connectivity index (χ1v) is 2.87. The van der Waals surface area contributed by atoms with Gasteiger partial charge in [-0.25, -0.2) is 0 Å². The van der Waals surface area contributed by atoms with Crippen molar-refractivity contribution >= 4 is 0 Å². The quantitative estimate of drug-likeness (QED) is 0.454. The van der Waals surface area contributed by atoms with Crippen LogP contribution in [0.3, 0.4) is 0 Å². The van der Waals surface area contributed by atoms with Crippen LogP contribution in [0.25, 0.3) is 0 Å². The van der Waals surface area contributed by atoms with Crippen LogP contribution in [0.4, 0.5) is 0 Å². The van der Waals surface area contributed by atoms with Crippen LogP contribution in [0.5, 0.6) is 0 Å². The summed E-state index contributed by atoms with van der Waals surface area (Å²) >= 11 is 0. The molecule has 0 aromatic heterocycles. The Balaban J connectivity index is 2.20. The van der Waals surface area contributed by atoms with E-state index in [0.717, 1.165) is 5.92 Å². The van der Waals surface area contributed by atoms with Crippen molar-refractivity contribution in [1.82, 2.24) is 0 Å². The first kappa shape index (κ1) is 5.10. The third kappa shape index (κ3) is 0.942. The number of hydrogen-bond acceptors (Lipinski definition) is 1. The number of hydrogen-bond donors (Lipinski definition) is 0. The van der Waals surface area contributed by atoms with Gasteiger partial charge in [-0.1, -0.05) is 13.8 Å². The van der Waals surface area contributed by atoms with Crippen LogP contribution in [0.1, 0.15) is 20.8 Å². The van der Waals surface area contributed by atoms with E-state index in [0.29, 0.717) is 12.2 Å². The van der Waals surface area contributed by atoms with E-state index in [9.17, 15) is 0 Å². The smallest absolute Gasteiger partial charge is 0.0861 e. The lowest BCUT2D eigenvalue weighted by molar-refractivity contribution is 0.339. The van der Waals surface area contributed by atoms with Gasteiger partial charge in [0.25, 0.3) is 0 Å². The molecular formula is C6H12O. The minimum absolute atomic E-state index is 0.542. The van der Waals surface area contributed by atoms with Gasteiger partial charge < -0.3 is 4.74 Å². The maximum Gasteiger partial charge on any atom is 0.0861 e. The van der Waals surface area contributed by atoms with E-state index in [1.807, 2.05) is 0 Å². The summed E-state index contributed by atoms with van der Waals surface area (Å²) in [6.07, 6.45) is 1.11. The molecule has 0 N–H and O–H groups in total. The van der Waals surface area contributed by atoms with Crippen LogP contribution >= 0.6 is 0 Å². The van der Waals surface area contributed by atoms with Gasteiger partial charge in [0.15, 0.2) is 0 Å². The minimum Gasteiger partial charge on any atom is -0.370 e. The third-order valence-electron chi connectivity index (χ3n) is 1.41. The molecule has 1 heterocycles. The van der Waals surface area contributed by atoms with Crippen molar-refractivity contribution in [2.75, 3.05) is 0 Å². The Labute approximate surface area is 44.7 Å². The second-order valence-electron chi connectivity index (χ2n) is 2.55. The lowest BCUT2D eigenvalue weighted by Crippen LogP contribution is -1.98. The van der Waals surface area contributed by atoms with E-state index in [2.05, 4.69) is 20.8 Å². The van der Waals surface area contributed by atoms with Crippen LogP contribution in [0.15, 0.2) is 0 Å². The molecule has 0 bridgehead atoms. The summed E-state index contributed by atoms with van der Waals surface area (Å²) in [5, 5.41) is 0. The average molecular weight is 100 g/mol. The number of ether oxygens (including phenoxy) is 1. The van der Waals surface area contributed by atoms with Crippen LogP contribution in [-0.2, 0) is 4.74 Å². The van der Waals surface area contributed by atoms with Crippen molar-refractivity contribution in [2.45, 2.75) is 33.0 Å². The first-order chi connectivity index (χ1) is 3.22. The van der Waals surface area contributed by atoms with Crippen molar-refractivity contribution in [3.8, 4) is 0 Å². The number of epoxide rings is 1. The van der Waals surface area contributed by atoms with Crippen molar-refractivity contribution in [1.29, 1.82) is 0 Å². The summed E-state index contributed by atoms with van der Waals surface area (Å²) in [5.41, 5.74) is 0. The molecule has 0 aromatic carbocycles. The van der Waals surface area contributed by atoms with Gasteiger partial charge in [0.05, 0.1) is 12.2 Å². The van der Waals surface area contributed by atoms with Crippen LogP contribution in [0.2, 0.25) is 0 Å². The first-order valence-electron chi connectivity index (χ1n) is 2.87. The van der Waals surface area contributed by atoms with Gasteiger partial charge >= 0.3 is 0 Å².